The maximum Gasteiger partial charge on any atom is 0.276 e. The van der Waals surface area contributed by atoms with E-state index in [4.69, 9.17) is 32.7 Å². The second-order valence-electron chi connectivity index (χ2n) is 7.66. The number of fused-ring (bicyclic) bond motifs is 1. The number of hydrogen-bond donors (Lipinski definition) is 2. The zero-order chi connectivity index (χ0) is 22.8. The second kappa shape index (κ2) is 9.38. The van der Waals surface area contributed by atoms with Crippen LogP contribution >= 0.6 is 23.2 Å². The predicted molar refractivity (Wildman–Crippen MR) is 124 cm³/mol. The van der Waals surface area contributed by atoms with Crippen molar-refractivity contribution in [3.63, 3.8) is 0 Å². The van der Waals surface area contributed by atoms with E-state index in [1.807, 2.05) is 10.9 Å². The Balaban J connectivity index is 1.31. The van der Waals surface area contributed by atoms with E-state index in [0.29, 0.717) is 37.9 Å². The summed E-state index contributed by atoms with van der Waals surface area (Å²) in [6.07, 6.45) is 8.30. The molecule has 1 amide bonds. The van der Waals surface area contributed by atoms with Gasteiger partial charge in [0.1, 0.15) is 12.4 Å². The van der Waals surface area contributed by atoms with Gasteiger partial charge >= 0.3 is 0 Å². The van der Waals surface area contributed by atoms with Crippen LogP contribution in [-0.2, 0) is 11.3 Å². The minimum absolute atomic E-state index is 0.163. The molecule has 1 aliphatic heterocycles. The topological polar surface area (TPSA) is 107 Å². The van der Waals surface area contributed by atoms with Crippen molar-refractivity contribution in [3.05, 3.63) is 64.3 Å². The molecule has 0 radical (unpaired) electrons. The number of hydrogen-bond acceptors (Lipinski definition) is 6. The van der Waals surface area contributed by atoms with Crippen LogP contribution in [0.5, 0.6) is 5.75 Å². The van der Waals surface area contributed by atoms with E-state index < -0.39 is 0 Å². The van der Waals surface area contributed by atoms with E-state index in [2.05, 4.69) is 25.6 Å². The number of halogens is 2. The molecule has 5 rings (SSSR count). The number of anilines is 1. The smallest absolute Gasteiger partial charge is 0.276 e. The third-order valence-corrected chi connectivity index (χ3v) is 6.16. The van der Waals surface area contributed by atoms with Gasteiger partial charge in [0.2, 0.25) is 0 Å². The third kappa shape index (κ3) is 4.66. The van der Waals surface area contributed by atoms with Gasteiger partial charge in [0.05, 0.1) is 33.5 Å². The van der Waals surface area contributed by atoms with Gasteiger partial charge in [-0.15, -0.1) is 0 Å². The van der Waals surface area contributed by atoms with Gasteiger partial charge in [-0.3, -0.25) is 19.6 Å². The number of rotatable bonds is 6. The number of benzene rings is 1. The first-order valence-corrected chi connectivity index (χ1v) is 11.2. The molecule has 4 heterocycles. The number of nitrogens with zero attached hydrogens (tertiary/aromatic N) is 4. The van der Waals surface area contributed by atoms with Crippen molar-refractivity contribution in [2.24, 2.45) is 0 Å². The molecule has 1 aromatic carbocycles. The lowest BCUT2D eigenvalue weighted by Crippen LogP contribution is -2.19. The van der Waals surface area contributed by atoms with Crippen molar-refractivity contribution >= 4 is 45.7 Å². The Morgan fingerprint density at radius 1 is 1.21 bits per heavy atom. The van der Waals surface area contributed by atoms with Gasteiger partial charge in [-0.1, -0.05) is 23.2 Å². The molecule has 1 saturated heterocycles. The number of carbonyl (C=O) groups excluding carboxylic acids is 1. The van der Waals surface area contributed by atoms with Gasteiger partial charge in [-0.05, 0) is 31.0 Å². The average Bonchev–Trinajstić information content (AvgIpc) is 3.46. The minimum atomic E-state index is -0.342. The summed E-state index contributed by atoms with van der Waals surface area (Å²) < 4.78 is 13.1. The average molecular weight is 487 g/mol. The normalized spacial score (nSPS) is 14.5. The lowest BCUT2D eigenvalue weighted by molar-refractivity contribution is 0.0662. The van der Waals surface area contributed by atoms with E-state index in [1.165, 1.54) is 12.4 Å². The van der Waals surface area contributed by atoms with Crippen LogP contribution in [0.2, 0.25) is 10.0 Å². The van der Waals surface area contributed by atoms with E-state index >= 15 is 0 Å². The number of aromatic amines is 1. The van der Waals surface area contributed by atoms with Gasteiger partial charge in [-0.25, -0.2) is 0 Å². The number of nitrogens with one attached hydrogen (secondary N) is 2. The lowest BCUT2D eigenvalue weighted by atomic mass is 10.1. The van der Waals surface area contributed by atoms with Gasteiger partial charge in [-0.2, -0.15) is 10.2 Å². The molecule has 0 aliphatic carbocycles. The van der Waals surface area contributed by atoms with Crippen LogP contribution in [-0.4, -0.2) is 44.1 Å². The maximum absolute atomic E-state index is 12.9. The highest BCUT2D eigenvalue weighted by Gasteiger charge is 2.19. The van der Waals surface area contributed by atoms with Crippen LogP contribution in [0.15, 0.2) is 43.0 Å². The quantitative estimate of drug-likeness (QED) is 0.410. The van der Waals surface area contributed by atoms with Crippen molar-refractivity contribution in [3.8, 4) is 5.75 Å². The Bertz CT molecular complexity index is 1280. The number of carbonyl (C=O) groups is 1. The summed E-state index contributed by atoms with van der Waals surface area (Å²) in [7, 11) is 0. The van der Waals surface area contributed by atoms with Crippen LogP contribution in [0.4, 0.5) is 5.69 Å². The van der Waals surface area contributed by atoms with Crippen molar-refractivity contribution in [2.45, 2.75) is 25.5 Å². The first-order chi connectivity index (χ1) is 16.1. The van der Waals surface area contributed by atoms with Gasteiger partial charge < -0.3 is 14.8 Å². The maximum atomic E-state index is 12.9. The van der Waals surface area contributed by atoms with Crippen molar-refractivity contribution in [2.75, 3.05) is 18.5 Å². The van der Waals surface area contributed by atoms with Crippen molar-refractivity contribution in [1.82, 2.24) is 25.0 Å². The number of ether oxygens (including phenoxy) is 2. The summed E-state index contributed by atoms with van der Waals surface area (Å²) in [5.41, 5.74) is 2.22. The summed E-state index contributed by atoms with van der Waals surface area (Å²) in [4.78, 5) is 16.9. The Morgan fingerprint density at radius 3 is 2.79 bits per heavy atom. The summed E-state index contributed by atoms with van der Waals surface area (Å²) in [6, 6.07) is 5.61. The van der Waals surface area contributed by atoms with E-state index in [0.717, 1.165) is 26.1 Å². The molecule has 9 nitrogen and oxygen atoms in total. The number of aromatic nitrogens is 5. The molecule has 170 valence electrons. The zero-order valence-electron chi connectivity index (χ0n) is 17.4. The number of amides is 1. The summed E-state index contributed by atoms with van der Waals surface area (Å²) in [5, 5.41) is 15.8. The molecule has 0 saturated carbocycles. The number of pyridine rings is 1. The first kappa shape index (κ1) is 21.7. The summed E-state index contributed by atoms with van der Waals surface area (Å²) >= 11 is 12.3. The Hall–Kier alpha value is -3.14. The van der Waals surface area contributed by atoms with Crippen LogP contribution in [0.1, 0.15) is 34.9 Å². The molecule has 0 bridgehead atoms. The molecular formula is C22H20Cl2N6O3. The molecule has 2 N–H and O–H groups in total. The molecule has 33 heavy (non-hydrogen) atoms. The van der Waals surface area contributed by atoms with Crippen LogP contribution in [0.25, 0.3) is 10.9 Å². The fraction of sp³-hybridized carbons (Fsp3) is 0.273. The zero-order valence-corrected chi connectivity index (χ0v) is 18.9. The Labute approximate surface area is 199 Å². The molecule has 1 fully saturated rings. The molecule has 1 aliphatic rings. The highest BCUT2D eigenvalue weighted by atomic mass is 35.5. The standard InChI is InChI=1S/C22H20Cl2N6O3/c23-18-9-25-10-19(24)17(18)12-33-15-1-2-20-16(7-15)21(29-28-20)22(31)27-13-8-26-30(11-13)14-3-5-32-6-4-14/h1-2,7-11,14H,3-6,12H2,(H,27,31)(H,28,29). The molecule has 0 unspecified atom stereocenters. The summed E-state index contributed by atoms with van der Waals surface area (Å²) in [6.45, 7) is 1.60. The van der Waals surface area contributed by atoms with Crippen LogP contribution < -0.4 is 10.1 Å². The van der Waals surface area contributed by atoms with E-state index in [9.17, 15) is 4.79 Å². The largest absolute Gasteiger partial charge is 0.489 e. The Kier molecular flexibility index (Phi) is 6.17. The highest BCUT2D eigenvalue weighted by Crippen LogP contribution is 2.27. The molecule has 0 atom stereocenters. The lowest BCUT2D eigenvalue weighted by Gasteiger charge is -2.22. The first-order valence-electron chi connectivity index (χ1n) is 10.4. The molecule has 3 aromatic heterocycles. The van der Waals surface area contributed by atoms with E-state index in [1.54, 1.807) is 24.4 Å². The molecular weight excluding hydrogens is 467 g/mol. The monoisotopic (exact) mass is 486 g/mol. The highest BCUT2D eigenvalue weighted by molar-refractivity contribution is 6.35. The van der Waals surface area contributed by atoms with Crippen molar-refractivity contribution < 1.29 is 14.3 Å². The van der Waals surface area contributed by atoms with Crippen LogP contribution in [0.3, 0.4) is 0 Å². The SMILES string of the molecule is O=C(Nc1cnn(C2CCOCC2)c1)c1n[nH]c2ccc(OCc3c(Cl)cncc3Cl)cc12. The number of H-pyrrole nitrogens is 1. The minimum Gasteiger partial charge on any atom is -0.489 e. The van der Waals surface area contributed by atoms with E-state index in [-0.39, 0.29) is 24.2 Å². The molecule has 0 spiro atoms. The van der Waals surface area contributed by atoms with Gasteiger partial charge in [0, 0.05) is 42.8 Å². The second-order valence-corrected chi connectivity index (χ2v) is 8.47. The Morgan fingerprint density at radius 2 is 2.00 bits per heavy atom. The predicted octanol–water partition coefficient (Wildman–Crippen LogP) is 4.64. The van der Waals surface area contributed by atoms with Gasteiger partial charge in [0.25, 0.3) is 5.91 Å². The summed E-state index contributed by atoms with van der Waals surface area (Å²) in [5.74, 6) is 0.208. The fourth-order valence-electron chi connectivity index (χ4n) is 3.73. The van der Waals surface area contributed by atoms with Gasteiger partial charge in [0.15, 0.2) is 5.69 Å². The molecule has 4 aromatic rings. The third-order valence-electron chi connectivity index (χ3n) is 5.51. The molecule has 11 heteroatoms. The van der Waals surface area contributed by atoms with Crippen molar-refractivity contribution in [1.29, 1.82) is 0 Å². The fourth-order valence-corrected chi connectivity index (χ4v) is 4.20. The van der Waals surface area contributed by atoms with Crippen LogP contribution in [0, 0.1) is 0 Å².